The van der Waals surface area contributed by atoms with Crippen LogP contribution in [0.1, 0.15) is 82.2 Å². The molecule has 0 spiro atoms. The number of amides is 5. The van der Waals surface area contributed by atoms with Crippen LogP contribution in [0.25, 0.3) is 10.9 Å². The number of carbonyl (C=O) groups excluding carboxylic acids is 4. The zero-order valence-electron chi connectivity index (χ0n) is 33.4. The first-order valence-corrected chi connectivity index (χ1v) is 20.1. The van der Waals surface area contributed by atoms with Gasteiger partial charge in [-0.2, -0.15) is 8.78 Å². The highest BCUT2D eigenvalue weighted by molar-refractivity contribution is 5.97. The number of carbonyl (C=O) groups is 4. The van der Waals surface area contributed by atoms with Gasteiger partial charge in [-0.3, -0.25) is 14.4 Å². The predicted molar refractivity (Wildman–Crippen MR) is 213 cm³/mol. The molecule has 2 unspecified atom stereocenters. The van der Waals surface area contributed by atoms with E-state index in [1.807, 2.05) is 20.8 Å². The Kier molecular flexibility index (Phi) is 14.5. The molecule has 5 rings (SSSR count). The van der Waals surface area contributed by atoms with Crippen LogP contribution in [-0.4, -0.2) is 72.7 Å². The van der Waals surface area contributed by atoms with Gasteiger partial charge in [0.05, 0.1) is 11.9 Å². The highest BCUT2D eigenvalue weighted by atomic mass is 19.3. The number of para-hydroxylation sites is 1. The molecule has 5 atom stereocenters. The maximum absolute atomic E-state index is 15.1. The van der Waals surface area contributed by atoms with Crippen LogP contribution in [0, 0.1) is 23.6 Å². The second kappa shape index (κ2) is 19.1. The molecule has 2 heterocycles. The third kappa shape index (κ3) is 10.4. The Morgan fingerprint density at radius 1 is 1.00 bits per heavy atom. The molecule has 1 fully saturated rings. The number of H-pyrrole nitrogens is 1. The van der Waals surface area contributed by atoms with Gasteiger partial charge in [0.25, 0.3) is 5.92 Å². The van der Waals surface area contributed by atoms with Crippen molar-refractivity contribution in [3.8, 4) is 0 Å². The number of rotatable bonds is 17. The minimum Gasteiger partial charge on any atom is -0.381 e. The Balaban J connectivity index is 1.44. The number of halogens is 3. The van der Waals surface area contributed by atoms with Crippen LogP contribution >= 0.6 is 0 Å². The summed E-state index contributed by atoms with van der Waals surface area (Å²) in [5, 5.41) is 15.3. The quantitative estimate of drug-likeness (QED) is 0.0933. The fraction of sp³-hybridized carbons (Fsp3) is 0.535. The number of hydrogen-bond donors (Lipinski definition) is 6. The molecular weight excluding hydrogens is 738 g/mol. The molecule has 1 saturated heterocycles. The van der Waals surface area contributed by atoms with E-state index in [1.165, 1.54) is 30.3 Å². The largest absolute Gasteiger partial charge is 0.381 e. The lowest BCUT2D eigenvalue weighted by molar-refractivity contribution is -0.137. The first-order chi connectivity index (χ1) is 27.2. The van der Waals surface area contributed by atoms with Crippen LogP contribution in [0.5, 0.6) is 0 Å². The molecule has 310 valence electrons. The van der Waals surface area contributed by atoms with E-state index in [2.05, 4.69) is 38.1 Å². The molecule has 1 aromatic heterocycles. The number of ether oxygens (including phenoxy) is 1. The van der Waals surface area contributed by atoms with Crippen LogP contribution in [0.2, 0.25) is 0 Å². The molecule has 0 bridgehead atoms. The summed E-state index contributed by atoms with van der Waals surface area (Å²) < 4.78 is 50.0. The van der Waals surface area contributed by atoms with Gasteiger partial charge < -0.3 is 36.3 Å². The van der Waals surface area contributed by atoms with Crippen molar-refractivity contribution in [1.29, 1.82) is 0 Å². The van der Waals surface area contributed by atoms with E-state index in [9.17, 15) is 23.6 Å². The molecule has 14 heteroatoms. The molecule has 5 amide bonds. The highest BCUT2D eigenvalue weighted by Gasteiger charge is 2.46. The predicted octanol–water partition coefficient (Wildman–Crippen LogP) is 5.96. The van der Waals surface area contributed by atoms with E-state index in [-0.39, 0.29) is 66.7 Å². The van der Waals surface area contributed by atoms with E-state index in [0.29, 0.717) is 61.2 Å². The maximum Gasteiger partial charge on any atom is 0.314 e. The summed E-state index contributed by atoms with van der Waals surface area (Å²) in [7, 11) is 0. The molecule has 0 saturated carbocycles. The van der Waals surface area contributed by atoms with Crippen LogP contribution in [0.3, 0.4) is 0 Å². The van der Waals surface area contributed by atoms with Gasteiger partial charge in [0.1, 0.15) is 17.4 Å². The third-order valence-corrected chi connectivity index (χ3v) is 11.9. The summed E-state index contributed by atoms with van der Waals surface area (Å²) in [6.45, 7) is 12.9. The van der Waals surface area contributed by atoms with Gasteiger partial charge in [0.2, 0.25) is 17.7 Å². The van der Waals surface area contributed by atoms with Crippen molar-refractivity contribution in [3.05, 3.63) is 83.3 Å². The Labute approximate surface area is 332 Å². The molecule has 1 aliphatic carbocycles. The Morgan fingerprint density at radius 2 is 1.72 bits per heavy atom. The molecule has 57 heavy (non-hydrogen) atoms. The van der Waals surface area contributed by atoms with Crippen molar-refractivity contribution >= 4 is 34.7 Å². The van der Waals surface area contributed by atoms with Crippen molar-refractivity contribution < 1.29 is 37.1 Å². The van der Waals surface area contributed by atoms with Crippen LogP contribution in [-0.2, 0) is 44.3 Å². The number of fused-ring (bicyclic) bond motifs is 3. The van der Waals surface area contributed by atoms with Gasteiger partial charge in [-0.1, -0.05) is 83.5 Å². The van der Waals surface area contributed by atoms with Crippen LogP contribution < -0.4 is 26.6 Å². The molecule has 2 aromatic carbocycles. The third-order valence-electron chi connectivity index (χ3n) is 11.9. The first kappa shape index (κ1) is 43.3. The highest BCUT2D eigenvalue weighted by Crippen LogP contribution is 2.40. The molecule has 1 aliphatic heterocycles. The molecule has 2 aliphatic rings. The van der Waals surface area contributed by atoms with Gasteiger partial charge in [0.15, 0.2) is 0 Å². The molecule has 0 radical (unpaired) electrons. The second-order valence-electron chi connectivity index (χ2n) is 15.7. The zero-order chi connectivity index (χ0) is 41.3. The number of allylic oxidation sites excluding steroid dienone is 1. The SMILES string of the molecule is C=CC(F)(F)c1cccc2c3c([nH]c12)CC[C@](NC(=O)[C@@H](NC(=O)Cc1ccccc1F)C(C)CC)(C(=O)N[C@H](CNC(=O)NCC1CCOCC1)C(C)CC)C3. The summed E-state index contributed by atoms with van der Waals surface area (Å²) >= 11 is 0. The standard InChI is InChI=1S/C43H57F3N6O5/c1-6-26(4)35(25-48-41(56)47-24-28-17-20-57-21-18-28)50-40(55)42(19-16-34-31(23-42)30-13-11-14-32(38(30)49-34)43(45,46)8-3)52-39(54)37(27(5)7-2)51-36(53)22-29-12-9-10-15-33(29)44/h8-15,26-28,35,37,49H,3,6-7,16-25H2,1-2,4-5H3,(H,50,55)(H,51,53)(H,52,54)(H2,47,48,56)/t26?,27?,35-,37+,42-/m1/s1. The number of aryl methyl sites for hydroxylation is 1. The van der Waals surface area contributed by atoms with Gasteiger partial charge in [-0.15, -0.1) is 0 Å². The summed E-state index contributed by atoms with van der Waals surface area (Å²) in [5.74, 6) is -5.67. The van der Waals surface area contributed by atoms with Crippen molar-refractivity contribution in [3.63, 3.8) is 0 Å². The lowest BCUT2D eigenvalue weighted by Gasteiger charge is -2.40. The average Bonchev–Trinajstić information content (AvgIpc) is 3.58. The molecule has 11 nitrogen and oxygen atoms in total. The van der Waals surface area contributed by atoms with E-state index < -0.39 is 47.1 Å². The lowest BCUT2D eigenvalue weighted by atomic mass is 9.78. The van der Waals surface area contributed by atoms with Gasteiger partial charge in [-0.05, 0) is 66.7 Å². The Hall–Kier alpha value is -4.85. The summed E-state index contributed by atoms with van der Waals surface area (Å²) in [5.41, 5.74) is -0.139. The van der Waals surface area contributed by atoms with Crippen molar-refractivity contribution in [2.24, 2.45) is 17.8 Å². The number of nitrogens with one attached hydrogen (secondary N) is 6. The Bertz CT molecular complexity index is 1910. The average molecular weight is 795 g/mol. The fourth-order valence-corrected chi connectivity index (χ4v) is 7.71. The van der Waals surface area contributed by atoms with Crippen LogP contribution in [0.15, 0.2) is 55.1 Å². The normalized spacial score (nSPS) is 19.4. The number of hydrogen-bond acceptors (Lipinski definition) is 5. The fourth-order valence-electron chi connectivity index (χ4n) is 7.71. The lowest BCUT2D eigenvalue weighted by Crippen LogP contribution is -2.67. The van der Waals surface area contributed by atoms with E-state index in [4.69, 9.17) is 4.74 Å². The number of benzene rings is 2. The molecule has 3 aromatic rings. The van der Waals surface area contributed by atoms with E-state index in [0.717, 1.165) is 12.8 Å². The van der Waals surface area contributed by atoms with Gasteiger partial charge >= 0.3 is 6.03 Å². The minimum atomic E-state index is -3.33. The van der Waals surface area contributed by atoms with Crippen molar-refractivity contribution in [2.75, 3.05) is 26.3 Å². The topological polar surface area (TPSA) is 153 Å². The maximum atomic E-state index is 15.1. The minimum absolute atomic E-state index is 0.0360. The second-order valence-corrected chi connectivity index (χ2v) is 15.7. The zero-order valence-corrected chi connectivity index (χ0v) is 33.4. The first-order valence-electron chi connectivity index (χ1n) is 20.1. The van der Waals surface area contributed by atoms with Crippen molar-refractivity contribution in [2.45, 2.75) is 103 Å². The monoisotopic (exact) mass is 794 g/mol. The van der Waals surface area contributed by atoms with E-state index >= 15 is 8.78 Å². The van der Waals surface area contributed by atoms with Crippen LogP contribution in [0.4, 0.5) is 18.0 Å². The number of alkyl halides is 2. The number of aromatic amines is 1. The Morgan fingerprint density at radius 3 is 2.40 bits per heavy atom. The number of aromatic nitrogens is 1. The smallest absolute Gasteiger partial charge is 0.314 e. The van der Waals surface area contributed by atoms with Crippen molar-refractivity contribution in [1.82, 2.24) is 31.6 Å². The summed E-state index contributed by atoms with van der Waals surface area (Å²) in [6, 6.07) is 8.51. The summed E-state index contributed by atoms with van der Waals surface area (Å²) in [4.78, 5) is 58.6. The molecule has 6 N–H and O–H groups in total. The summed E-state index contributed by atoms with van der Waals surface area (Å²) in [6.07, 6.45) is 3.52. The van der Waals surface area contributed by atoms with Gasteiger partial charge in [-0.25, -0.2) is 9.18 Å². The van der Waals surface area contributed by atoms with E-state index in [1.54, 1.807) is 19.1 Å². The van der Waals surface area contributed by atoms with Gasteiger partial charge in [0, 0.05) is 55.4 Å². The number of urea groups is 1. The molecular formula is C43H57F3N6O5.